The Hall–Kier alpha value is -1.42. The molecule has 0 aromatic heterocycles. The molecular formula is C12H17FN2O. The first-order chi connectivity index (χ1) is 7.75. The third-order valence-corrected chi connectivity index (χ3v) is 2.18. The molecule has 0 spiro atoms. The predicted molar refractivity (Wildman–Crippen MR) is 61.9 cm³/mol. The van der Waals surface area contributed by atoms with Crippen molar-refractivity contribution in [3.05, 3.63) is 35.6 Å². The molecule has 0 radical (unpaired) electrons. The lowest BCUT2D eigenvalue weighted by Crippen LogP contribution is -2.27. The van der Waals surface area contributed by atoms with E-state index in [1.165, 1.54) is 12.1 Å². The van der Waals surface area contributed by atoms with E-state index in [2.05, 4.69) is 10.6 Å². The van der Waals surface area contributed by atoms with Crippen molar-refractivity contribution in [1.29, 1.82) is 0 Å². The van der Waals surface area contributed by atoms with E-state index < -0.39 is 5.82 Å². The Kier molecular flexibility index (Phi) is 5.50. The summed E-state index contributed by atoms with van der Waals surface area (Å²) in [5.74, 6) is -0.832. The molecule has 0 unspecified atom stereocenters. The normalized spacial score (nSPS) is 10.1. The highest BCUT2D eigenvalue weighted by Crippen LogP contribution is 2.05. The fraction of sp³-hybridized carbons (Fsp3) is 0.417. The first-order valence-corrected chi connectivity index (χ1v) is 5.49. The average molecular weight is 224 g/mol. The fourth-order valence-corrected chi connectivity index (χ4v) is 1.33. The lowest BCUT2D eigenvalue weighted by Gasteiger charge is -2.06. The van der Waals surface area contributed by atoms with Gasteiger partial charge in [-0.15, -0.1) is 0 Å². The van der Waals surface area contributed by atoms with Crippen LogP contribution in [0.25, 0.3) is 0 Å². The second-order valence-electron chi connectivity index (χ2n) is 3.44. The Labute approximate surface area is 95.0 Å². The Morgan fingerprint density at radius 3 is 2.75 bits per heavy atom. The monoisotopic (exact) mass is 224 g/mol. The largest absolute Gasteiger partial charge is 0.352 e. The Bertz CT molecular complexity index is 342. The lowest BCUT2D eigenvalue weighted by molar-refractivity contribution is 0.0949. The molecule has 3 nitrogen and oxygen atoms in total. The van der Waals surface area contributed by atoms with Crippen LogP contribution in [0, 0.1) is 5.82 Å². The number of carbonyl (C=O) groups is 1. The third-order valence-electron chi connectivity index (χ3n) is 2.18. The van der Waals surface area contributed by atoms with Crippen LogP contribution in [0.3, 0.4) is 0 Å². The van der Waals surface area contributed by atoms with Crippen LogP contribution in [0.15, 0.2) is 24.3 Å². The minimum absolute atomic E-state index is 0.103. The van der Waals surface area contributed by atoms with Crippen molar-refractivity contribution in [3.8, 4) is 0 Å². The van der Waals surface area contributed by atoms with E-state index in [1.807, 2.05) is 6.92 Å². The molecule has 1 aromatic carbocycles. The van der Waals surface area contributed by atoms with E-state index in [4.69, 9.17) is 0 Å². The third kappa shape index (κ3) is 3.98. The van der Waals surface area contributed by atoms with Gasteiger partial charge in [0.15, 0.2) is 0 Å². The molecule has 4 heteroatoms. The number of hydrogen-bond donors (Lipinski definition) is 2. The van der Waals surface area contributed by atoms with Gasteiger partial charge >= 0.3 is 0 Å². The molecule has 1 rings (SSSR count). The first kappa shape index (κ1) is 12.6. The van der Waals surface area contributed by atoms with Crippen LogP contribution >= 0.6 is 0 Å². The fourth-order valence-electron chi connectivity index (χ4n) is 1.33. The average Bonchev–Trinajstić information content (AvgIpc) is 2.29. The van der Waals surface area contributed by atoms with Crippen LogP contribution in [-0.4, -0.2) is 25.5 Å². The van der Waals surface area contributed by atoms with Crippen molar-refractivity contribution >= 4 is 5.91 Å². The molecule has 16 heavy (non-hydrogen) atoms. The van der Waals surface area contributed by atoms with Gasteiger partial charge in [0.1, 0.15) is 5.82 Å². The summed E-state index contributed by atoms with van der Waals surface area (Å²) < 4.78 is 13.2. The standard InChI is InChI=1S/C12H17FN2O/c1-2-14-8-5-9-15-12(16)10-6-3-4-7-11(10)13/h3-4,6-7,14H,2,5,8-9H2,1H3,(H,15,16). The lowest BCUT2D eigenvalue weighted by atomic mass is 10.2. The molecule has 0 aliphatic heterocycles. The number of halogens is 1. The molecule has 0 heterocycles. The van der Waals surface area contributed by atoms with E-state index in [0.717, 1.165) is 19.5 Å². The maximum absolute atomic E-state index is 13.2. The minimum Gasteiger partial charge on any atom is -0.352 e. The molecule has 2 N–H and O–H groups in total. The van der Waals surface area contributed by atoms with Gasteiger partial charge in [-0.05, 0) is 31.6 Å². The second-order valence-corrected chi connectivity index (χ2v) is 3.44. The molecule has 1 aromatic rings. The molecule has 88 valence electrons. The molecule has 1 amide bonds. The van der Waals surface area contributed by atoms with Crippen LogP contribution < -0.4 is 10.6 Å². The summed E-state index contributed by atoms with van der Waals surface area (Å²) in [6.07, 6.45) is 0.841. The summed E-state index contributed by atoms with van der Waals surface area (Å²) in [6, 6.07) is 5.98. The molecule has 0 fully saturated rings. The summed E-state index contributed by atoms with van der Waals surface area (Å²) in [5, 5.41) is 5.83. The highest BCUT2D eigenvalue weighted by Gasteiger charge is 2.09. The smallest absolute Gasteiger partial charge is 0.254 e. The quantitative estimate of drug-likeness (QED) is 0.720. The van der Waals surface area contributed by atoms with Gasteiger partial charge in [0.25, 0.3) is 5.91 Å². The maximum atomic E-state index is 13.2. The van der Waals surface area contributed by atoms with Crippen molar-refractivity contribution in [2.45, 2.75) is 13.3 Å². The van der Waals surface area contributed by atoms with Gasteiger partial charge in [0, 0.05) is 6.54 Å². The van der Waals surface area contributed by atoms with E-state index in [9.17, 15) is 9.18 Å². The van der Waals surface area contributed by atoms with Crippen molar-refractivity contribution < 1.29 is 9.18 Å². The zero-order valence-electron chi connectivity index (χ0n) is 9.42. The topological polar surface area (TPSA) is 41.1 Å². The van der Waals surface area contributed by atoms with Crippen molar-refractivity contribution in [2.75, 3.05) is 19.6 Å². The van der Waals surface area contributed by atoms with E-state index in [0.29, 0.717) is 6.54 Å². The SMILES string of the molecule is CCNCCCNC(=O)c1ccccc1F. The summed E-state index contributed by atoms with van der Waals surface area (Å²) >= 11 is 0. The van der Waals surface area contributed by atoms with Crippen molar-refractivity contribution in [2.24, 2.45) is 0 Å². The van der Waals surface area contributed by atoms with Crippen LogP contribution in [0.2, 0.25) is 0 Å². The molecule has 0 aliphatic rings. The van der Waals surface area contributed by atoms with Crippen molar-refractivity contribution in [3.63, 3.8) is 0 Å². The summed E-state index contributed by atoms with van der Waals surface area (Å²) in [6.45, 7) is 4.35. The molecule has 0 atom stereocenters. The number of carbonyl (C=O) groups excluding carboxylic acids is 1. The highest BCUT2D eigenvalue weighted by molar-refractivity contribution is 5.94. The minimum atomic E-state index is -0.480. The maximum Gasteiger partial charge on any atom is 0.254 e. The van der Waals surface area contributed by atoms with Crippen molar-refractivity contribution in [1.82, 2.24) is 10.6 Å². The summed E-state index contributed by atoms with van der Waals surface area (Å²) in [7, 11) is 0. The first-order valence-electron chi connectivity index (χ1n) is 5.49. The zero-order valence-corrected chi connectivity index (χ0v) is 9.42. The van der Waals surface area contributed by atoms with Crippen LogP contribution in [0.1, 0.15) is 23.7 Å². The van der Waals surface area contributed by atoms with Gasteiger partial charge in [0.05, 0.1) is 5.56 Å². The van der Waals surface area contributed by atoms with Crippen LogP contribution in [0.4, 0.5) is 4.39 Å². The van der Waals surface area contributed by atoms with Crippen LogP contribution in [0.5, 0.6) is 0 Å². The van der Waals surface area contributed by atoms with E-state index in [-0.39, 0.29) is 11.5 Å². The van der Waals surface area contributed by atoms with Gasteiger partial charge in [0.2, 0.25) is 0 Å². The predicted octanol–water partition coefficient (Wildman–Crippen LogP) is 1.56. The number of hydrogen-bond acceptors (Lipinski definition) is 2. The number of nitrogens with one attached hydrogen (secondary N) is 2. The second kappa shape index (κ2) is 6.95. The number of benzene rings is 1. The zero-order chi connectivity index (χ0) is 11.8. The van der Waals surface area contributed by atoms with Gasteiger partial charge in [-0.1, -0.05) is 19.1 Å². The summed E-state index contributed by atoms with van der Waals surface area (Å²) in [5.41, 5.74) is 0.103. The van der Waals surface area contributed by atoms with E-state index >= 15 is 0 Å². The van der Waals surface area contributed by atoms with Gasteiger partial charge < -0.3 is 10.6 Å². The highest BCUT2D eigenvalue weighted by atomic mass is 19.1. The molecule has 0 saturated heterocycles. The van der Waals surface area contributed by atoms with E-state index in [1.54, 1.807) is 12.1 Å². The molecular weight excluding hydrogens is 207 g/mol. The molecule has 0 saturated carbocycles. The molecule has 0 bridgehead atoms. The summed E-state index contributed by atoms with van der Waals surface area (Å²) in [4.78, 5) is 11.5. The number of rotatable bonds is 6. The Morgan fingerprint density at radius 2 is 2.06 bits per heavy atom. The van der Waals surface area contributed by atoms with Gasteiger partial charge in [-0.25, -0.2) is 4.39 Å². The van der Waals surface area contributed by atoms with Gasteiger partial charge in [-0.3, -0.25) is 4.79 Å². The molecule has 0 aliphatic carbocycles. The number of amides is 1. The van der Waals surface area contributed by atoms with Gasteiger partial charge in [-0.2, -0.15) is 0 Å². The Morgan fingerprint density at radius 1 is 1.31 bits per heavy atom. The Balaban J connectivity index is 2.33. The van der Waals surface area contributed by atoms with Crippen LogP contribution in [-0.2, 0) is 0 Å².